The van der Waals surface area contributed by atoms with Gasteiger partial charge in [0.25, 0.3) is 0 Å². The van der Waals surface area contributed by atoms with Crippen molar-refractivity contribution in [1.82, 2.24) is 19.9 Å². The first-order valence-electron chi connectivity index (χ1n) is 10.7. The lowest BCUT2D eigenvalue weighted by Gasteiger charge is -2.27. The first-order valence-corrected chi connectivity index (χ1v) is 10.7. The fourth-order valence-electron chi connectivity index (χ4n) is 4.14. The van der Waals surface area contributed by atoms with E-state index in [1.807, 2.05) is 55.5 Å². The lowest BCUT2D eigenvalue weighted by atomic mass is 9.97. The van der Waals surface area contributed by atoms with Crippen LogP contribution in [0.5, 0.6) is 0 Å². The molecule has 2 aromatic heterocycles. The zero-order valence-electron chi connectivity index (χ0n) is 17.5. The van der Waals surface area contributed by atoms with Crippen molar-refractivity contribution in [3.8, 4) is 0 Å². The van der Waals surface area contributed by atoms with Gasteiger partial charge in [-0.2, -0.15) is 15.0 Å². The summed E-state index contributed by atoms with van der Waals surface area (Å²) in [5.74, 6) is 2.64. The number of fused-ring (bicyclic) bond motifs is 1. The topological polar surface area (TPSA) is 107 Å². The van der Waals surface area contributed by atoms with E-state index in [0.717, 1.165) is 60.7 Å². The number of hydrogen-bond acceptors (Lipinski definition) is 7. The number of aromatic nitrogens is 4. The molecule has 31 heavy (non-hydrogen) atoms. The zero-order chi connectivity index (χ0) is 21.2. The lowest BCUT2D eigenvalue weighted by molar-refractivity contribution is -0.919. The molecule has 8 heteroatoms. The molecular formula is C23H26N7O+. The van der Waals surface area contributed by atoms with Gasteiger partial charge in [-0.25, -0.2) is 4.98 Å². The Balaban J connectivity index is 1.24. The molecule has 0 aliphatic carbocycles. The van der Waals surface area contributed by atoms with Gasteiger partial charge in [-0.1, -0.05) is 30.3 Å². The number of rotatable bonds is 5. The van der Waals surface area contributed by atoms with Gasteiger partial charge in [0.05, 0.1) is 13.1 Å². The Morgan fingerprint density at radius 3 is 2.58 bits per heavy atom. The molecule has 0 spiro atoms. The number of nitrogens with zero attached hydrogens (tertiary/aromatic N) is 4. The molecule has 0 atom stereocenters. The Kier molecular flexibility index (Phi) is 5.21. The number of quaternary nitrogens is 1. The van der Waals surface area contributed by atoms with Crippen molar-refractivity contribution in [3.63, 3.8) is 0 Å². The van der Waals surface area contributed by atoms with Crippen LogP contribution in [-0.2, 0) is 6.54 Å². The minimum atomic E-state index is 0.238. The number of likely N-dealkylation sites (tertiary alicyclic amines) is 1. The zero-order valence-corrected chi connectivity index (χ0v) is 17.5. The predicted octanol–water partition coefficient (Wildman–Crippen LogP) is 2.61. The average Bonchev–Trinajstić information content (AvgIpc) is 3.20. The molecule has 5 rings (SSSR count). The highest BCUT2D eigenvalue weighted by Crippen LogP contribution is 2.27. The maximum atomic E-state index is 5.98. The van der Waals surface area contributed by atoms with Gasteiger partial charge in [-0.05, 0) is 30.7 Å². The van der Waals surface area contributed by atoms with Crippen molar-refractivity contribution in [2.45, 2.75) is 32.2 Å². The minimum absolute atomic E-state index is 0.238. The highest BCUT2D eigenvalue weighted by atomic mass is 16.3. The van der Waals surface area contributed by atoms with Crippen LogP contribution in [-0.4, -0.2) is 33.0 Å². The third-order valence-corrected chi connectivity index (χ3v) is 5.85. The first kappa shape index (κ1) is 19.4. The summed E-state index contributed by atoms with van der Waals surface area (Å²) >= 11 is 0. The van der Waals surface area contributed by atoms with Gasteiger partial charge in [0.1, 0.15) is 12.1 Å². The number of aryl methyl sites for hydroxylation is 1. The van der Waals surface area contributed by atoms with Crippen molar-refractivity contribution in [3.05, 3.63) is 65.8 Å². The molecule has 3 heterocycles. The number of para-hydroxylation sites is 3. The summed E-state index contributed by atoms with van der Waals surface area (Å²) in [6.07, 6.45) is 2.05. The van der Waals surface area contributed by atoms with E-state index in [9.17, 15) is 0 Å². The summed E-state index contributed by atoms with van der Waals surface area (Å²) in [4.78, 5) is 19.3. The number of benzene rings is 2. The second kappa shape index (κ2) is 8.31. The third-order valence-electron chi connectivity index (χ3n) is 5.85. The standard InChI is InChI=1S/C23H25N7O/c1-15-6-2-3-7-17(15)26-23-28-20(27-22(24)29-23)14-30-12-10-16(11-13-30)21-25-18-8-4-5-9-19(18)31-21/h2-9,16H,10-14H2,1H3,(H3,24,26,27,28,29)/p+1. The Hall–Kier alpha value is -3.52. The SMILES string of the molecule is Cc1ccccc1Nc1nc(N)nc(C[NH+]2CCC(c3nc4ccccc4o3)CC2)n1. The van der Waals surface area contributed by atoms with Gasteiger partial charge in [0.15, 0.2) is 17.3 Å². The molecule has 2 aromatic carbocycles. The molecule has 1 saturated heterocycles. The van der Waals surface area contributed by atoms with Crippen LogP contribution in [0, 0.1) is 6.92 Å². The molecule has 0 unspecified atom stereocenters. The van der Waals surface area contributed by atoms with Gasteiger partial charge in [0, 0.05) is 24.4 Å². The van der Waals surface area contributed by atoms with E-state index in [2.05, 4.69) is 25.3 Å². The number of oxazole rings is 1. The quantitative estimate of drug-likeness (QED) is 0.459. The van der Waals surface area contributed by atoms with Gasteiger partial charge in [-0.15, -0.1) is 0 Å². The molecular weight excluding hydrogens is 390 g/mol. The molecule has 4 N–H and O–H groups in total. The number of nitrogen functional groups attached to an aromatic ring is 1. The predicted molar refractivity (Wildman–Crippen MR) is 119 cm³/mol. The van der Waals surface area contributed by atoms with E-state index in [1.54, 1.807) is 0 Å². The monoisotopic (exact) mass is 416 g/mol. The molecule has 4 aromatic rings. The van der Waals surface area contributed by atoms with Gasteiger partial charge >= 0.3 is 0 Å². The van der Waals surface area contributed by atoms with Gasteiger partial charge in [-0.3, -0.25) is 0 Å². The third kappa shape index (κ3) is 4.34. The van der Waals surface area contributed by atoms with Crippen molar-refractivity contribution in [2.75, 3.05) is 24.1 Å². The summed E-state index contributed by atoms with van der Waals surface area (Å²) in [6, 6.07) is 16.0. The van der Waals surface area contributed by atoms with E-state index in [0.29, 0.717) is 17.7 Å². The fraction of sp³-hybridized carbons (Fsp3) is 0.304. The summed E-state index contributed by atoms with van der Waals surface area (Å²) in [5, 5.41) is 3.26. The van der Waals surface area contributed by atoms with E-state index in [1.165, 1.54) is 4.90 Å². The largest absolute Gasteiger partial charge is 0.440 e. The van der Waals surface area contributed by atoms with Crippen molar-refractivity contribution in [2.24, 2.45) is 0 Å². The maximum Gasteiger partial charge on any atom is 0.232 e. The van der Waals surface area contributed by atoms with Crippen LogP contribution in [0.3, 0.4) is 0 Å². The van der Waals surface area contributed by atoms with E-state index < -0.39 is 0 Å². The average molecular weight is 417 g/mol. The van der Waals surface area contributed by atoms with Gasteiger partial charge in [0.2, 0.25) is 11.9 Å². The van der Waals surface area contributed by atoms with Crippen LogP contribution in [0.25, 0.3) is 11.1 Å². The molecule has 1 fully saturated rings. The highest BCUT2D eigenvalue weighted by molar-refractivity contribution is 5.72. The number of hydrogen-bond donors (Lipinski definition) is 3. The Morgan fingerprint density at radius 1 is 1.00 bits per heavy atom. The Bertz CT molecular complexity index is 1160. The van der Waals surface area contributed by atoms with Crippen molar-refractivity contribution >= 4 is 28.7 Å². The molecule has 1 aliphatic heterocycles. The maximum absolute atomic E-state index is 5.98. The summed E-state index contributed by atoms with van der Waals surface area (Å²) in [7, 11) is 0. The normalized spacial score (nSPS) is 18.9. The second-order valence-corrected chi connectivity index (χ2v) is 8.09. The van der Waals surface area contributed by atoms with Crippen molar-refractivity contribution < 1.29 is 9.32 Å². The van der Waals surface area contributed by atoms with E-state index >= 15 is 0 Å². The number of nitrogens with one attached hydrogen (secondary N) is 2. The first-order chi connectivity index (χ1) is 15.1. The molecule has 1 aliphatic rings. The molecule has 0 radical (unpaired) electrons. The van der Waals surface area contributed by atoms with Crippen LogP contribution in [0.1, 0.15) is 36.0 Å². The van der Waals surface area contributed by atoms with Crippen LogP contribution in [0.2, 0.25) is 0 Å². The number of piperidine rings is 1. The van der Waals surface area contributed by atoms with Gasteiger partial charge < -0.3 is 20.4 Å². The van der Waals surface area contributed by atoms with Crippen molar-refractivity contribution in [1.29, 1.82) is 0 Å². The minimum Gasteiger partial charge on any atom is -0.440 e. The van der Waals surface area contributed by atoms with E-state index in [-0.39, 0.29) is 5.95 Å². The molecule has 8 nitrogen and oxygen atoms in total. The summed E-state index contributed by atoms with van der Waals surface area (Å²) in [5.41, 5.74) is 9.84. The lowest BCUT2D eigenvalue weighted by Crippen LogP contribution is -3.11. The number of anilines is 3. The fourth-order valence-corrected chi connectivity index (χ4v) is 4.14. The van der Waals surface area contributed by atoms with Crippen LogP contribution in [0.15, 0.2) is 52.9 Å². The Morgan fingerprint density at radius 2 is 1.77 bits per heavy atom. The smallest absolute Gasteiger partial charge is 0.232 e. The highest BCUT2D eigenvalue weighted by Gasteiger charge is 2.27. The van der Waals surface area contributed by atoms with Crippen LogP contribution in [0.4, 0.5) is 17.6 Å². The molecule has 158 valence electrons. The van der Waals surface area contributed by atoms with Crippen LogP contribution >= 0.6 is 0 Å². The molecule has 0 saturated carbocycles. The van der Waals surface area contributed by atoms with Crippen LogP contribution < -0.4 is 16.0 Å². The number of nitrogens with two attached hydrogens (primary N) is 1. The summed E-state index contributed by atoms with van der Waals surface area (Å²) in [6.45, 7) is 4.78. The molecule has 0 bridgehead atoms. The summed E-state index contributed by atoms with van der Waals surface area (Å²) < 4.78 is 5.98. The second-order valence-electron chi connectivity index (χ2n) is 8.09. The molecule has 0 amide bonds. The Labute approximate surface area is 180 Å². The van der Waals surface area contributed by atoms with E-state index in [4.69, 9.17) is 10.2 Å².